The molecule has 2 N–H and O–H groups in total. The summed E-state index contributed by atoms with van der Waals surface area (Å²) in [6, 6.07) is 10.4. The lowest BCUT2D eigenvalue weighted by Gasteiger charge is -2.07. The highest BCUT2D eigenvalue weighted by Gasteiger charge is 2.09. The number of tetrazole rings is 1. The normalized spacial score (nSPS) is 10.7. The third-order valence-corrected chi connectivity index (χ3v) is 4.40. The Labute approximate surface area is 153 Å². The molecule has 0 atom stereocenters. The lowest BCUT2D eigenvalue weighted by atomic mass is 10.3. The van der Waals surface area contributed by atoms with Crippen molar-refractivity contribution in [2.75, 3.05) is 19.0 Å². The zero-order valence-electron chi connectivity index (χ0n) is 14.1. The minimum absolute atomic E-state index is 0.297. The van der Waals surface area contributed by atoms with Gasteiger partial charge < -0.3 is 15.4 Å². The molecule has 0 unspecified atom stereocenters. The Morgan fingerprint density at radius 1 is 1.23 bits per heavy atom. The Morgan fingerprint density at radius 2 is 2.04 bits per heavy atom. The van der Waals surface area contributed by atoms with Crippen LogP contribution in [0.4, 0.5) is 10.5 Å². The topological polar surface area (TPSA) is 103 Å². The molecule has 0 aliphatic carbocycles. The first-order valence-corrected chi connectivity index (χ1v) is 8.75. The molecule has 0 saturated carbocycles. The molecule has 0 radical (unpaired) electrons. The Morgan fingerprint density at radius 3 is 2.73 bits per heavy atom. The number of anilines is 1. The van der Waals surface area contributed by atoms with Crippen molar-refractivity contribution < 1.29 is 9.53 Å². The smallest absolute Gasteiger partial charge is 0.368 e. The summed E-state index contributed by atoms with van der Waals surface area (Å²) >= 11 is 1.58. The summed E-state index contributed by atoms with van der Waals surface area (Å²) in [6.45, 7) is 1.18. The number of carbonyl (C=O) groups excluding carboxylic acids is 1. The van der Waals surface area contributed by atoms with Crippen LogP contribution >= 0.6 is 11.3 Å². The summed E-state index contributed by atoms with van der Waals surface area (Å²) in [5, 5.41) is 15.1. The first-order chi connectivity index (χ1) is 12.7. The number of carbonyl (C=O) groups is 1. The summed E-state index contributed by atoms with van der Waals surface area (Å²) in [4.78, 5) is 25.2. The zero-order chi connectivity index (χ0) is 18.4. The molecule has 2 amide bonds. The van der Waals surface area contributed by atoms with Crippen LogP contribution in [0.5, 0.6) is 0 Å². The number of rotatable bonds is 7. The van der Waals surface area contributed by atoms with Gasteiger partial charge in [-0.25, -0.2) is 9.59 Å². The summed E-state index contributed by atoms with van der Waals surface area (Å²) in [5.41, 5.74) is 0.817. The first-order valence-electron chi connectivity index (χ1n) is 7.87. The number of thiophene rings is 1. The van der Waals surface area contributed by atoms with Crippen LogP contribution in [0.25, 0.3) is 5.69 Å². The highest BCUT2D eigenvalue weighted by atomic mass is 32.1. The van der Waals surface area contributed by atoms with E-state index in [4.69, 9.17) is 4.74 Å². The summed E-state index contributed by atoms with van der Waals surface area (Å²) in [6.07, 6.45) is 0. The molecule has 0 spiro atoms. The molecule has 0 saturated heterocycles. The van der Waals surface area contributed by atoms with Crippen LogP contribution in [0.2, 0.25) is 0 Å². The highest BCUT2D eigenvalue weighted by Crippen LogP contribution is 2.12. The molecule has 0 fully saturated rings. The number of hydrogen-bond donors (Lipinski definition) is 2. The van der Waals surface area contributed by atoms with E-state index in [1.165, 1.54) is 9.36 Å². The average Bonchev–Trinajstić information content (AvgIpc) is 3.29. The molecule has 1 aromatic carbocycles. The van der Waals surface area contributed by atoms with Crippen LogP contribution < -0.4 is 16.3 Å². The van der Waals surface area contributed by atoms with Crippen molar-refractivity contribution >= 4 is 23.1 Å². The number of hydrogen-bond acceptors (Lipinski definition) is 6. The molecule has 0 bridgehead atoms. The fourth-order valence-electron chi connectivity index (χ4n) is 2.20. The predicted molar refractivity (Wildman–Crippen MR) is 97.7 cm³/mol. The van der Waals surface area contributed by atoms with Gasteiger partial charge in [0, 0.05) is 17.7 Å². The molecule has 136 valence electrons. The Hall–Kier alpha value is -2.98. The number of urea groups is 1. The second kappa shape index (κ2) is 8.41. The maximum Gasteiger partial charge on any atom is 0.368 e. The van der Waals surface area contributed by atoms with Gasteiger partial charge in [-0.3, -0.25) is 0 Å². The SMILES string of the molecule is COCCn1nnn(-c2ccc(NC(=O)NCc3cccs3)cc2)c1=O. The Kier molecular flexibility index (Phi) is 5.77. The number of aromatic nitrogens is 4. The van der Waals surface area contributed by atoms with E-state index in [-0.39, 0.29) is 11.7 Å². The minimum Gasteiger partial charge on any atom is -0.383 e. The molecule has 26 heavy (non-hydrogen) atoms. The van der Waals surface area contributed by atoms with Crippen LogP contribution in [0.1, 0.15) is 4.88 Å². The van der Waals surface area contributed by atoms with Crippen molar-refractivity contribution in [3.05, 3.63) is 57.1 Å². The Balaban J connectivity index is 1.60. The number of methoxy groups -OCH3 is 1. The average molecular weight is 374 g/mol. The minimum atomic E-state index is -0.351. The van der Waals surface area contributed by atoms with E-state index in [1.807, 2.05) is 17.5 Å². The summed E-state index contributed by atoms with van der Waals surface area (Å²) in [7, 11) is 1.55. The third kappa shape index (κ3) is 4.35. The van der Waals surface area contributed by atoms with Crippen LogP contribution in [0.15, 0.2) is 46.6 Å². The van der Waals surface area contributed by atoms with E-state index in [2.05, 4.69) is 21.1 Å². The fourth-order valence-corrected chi connectivity index (χ4v) is 2.84. The largest absolute Gasteiger partial charge is 0.383 e. The highest BCUT2D eigenvalue weighted by molar-refractivity contribution is 7.09. The predicted octanol–water partition coefficient (Wildman–Crippen LogP) is 1.46. The summed E-state index contributed by atoms with van der Waals surface area (Å²) in [5.74, 6) is 0. The van der Waals surface area contributed by atoms with Crippen LogP contribution in [-0.2, 0) is 17.8 Å². The van der Waals surface area contributed by atoms with Gasteiger partial charge in [0.15, 0.2) is 0 Å². The quantitative estimate of drug-likeness (QED) is 0.652. The van der Waals surface area contributed by atoms with E-state index >= 15 is 0 Å². The van der Waals surface area contributed by atoms with Crippen molar-refractivity contribution in [2.24, 2.45) is 0 Å². The number of ether oxygens (including phenoxy) is 1. The third-order valence-electron chi connectivity index (χ3n) is 3.52. The van der Waals surface area contributed by atoms with Gasteiger partial charge in [-0.2, -0.15) is 9.36 Å². The van der Waals surface area contributed by atoms with Gasteiger partial charge in [0.2, 0.25) is 0 Å². The molecular formula is C16H18N6O3S. The van der Waals surface area contributed by atoms with Crippen molar-refractivity contribution in [3.63, 3.8) is 0 Å². The van der Waals surface area contributed by atoms with Crippen LogP contribution in [-0.4, -0.2) is 39.5 Å². The van der Waals surface area contributed by atoms with Gasteiger partial charge in [0.05, 0.1) is 25.4 Å². The van der Waals surface area contributed by atoms with Gasteiger partial charge in [0.25, 0.3) is 0 Å². The van der Waals surface area contributed by atoms with Crippen molar-refractivity contribution in [3.8, 4) is 5.69 Å². The number of nitrogens with one attached hydrogen (secondary N) is 2. The van der Waals surface area contributed by atoms with Gasteiger partial charge in [0.1, 0.15) is 0 Å². The molecular weight excluding hydrogens is 356 g/mol. The van der Waals surface area contributed by atoms with E-state index in [0.29, 0.717) is 31.1 Å². The maximum atomic E-state index is 12.2. The lowest BCUT2D eigenvalue weighted by Crippen LogP contribution is -2.28. The first kappa shape index (κ1) is 17.8. The van der Waals surface area contributed by atoms with E-state index in [9.17, 15) is 9.59 Å². The molecule has 0 aliphatic rings. The molecule has 3 rings (SSSR count). The standard InChI is InChI=1S/C16H18N6O3S/c1-25-9-8-21-16(24)22(20-19-21)13-6-4-12(5-7-13)18-15(23)17-11-14-3-2-10-26-14/h2-7,10H,8-9,11H2,1H3,(H2,17,18,23). The van der Waals surface area contributed by atoms with Gasteiger partial charge >= 0.3 is 11.7 Å². The zero-order valence-corrected chi connectivity index (χ0v) is 14.9. The molecule has 3 aromatic rings. The fraction of sp³-hybridized carbons (Fsp3) is 0.250. The van der Waals surface area contributed by atoms with E-state index < -0.39 is 0 Å². The molecule has 9 nitrogen and oxygen atoms in total. The molecule has 2 heterocycles. The number of amides is 2. The maximum absolute atomic E-state index is 12.2. The van der Waals surface area contributed by atoms with Crippen LogP contribution in [0, 0.1) is 0 Å². The molecule has 0 aliphatic heterocycles. The van der Waals surface area contributed by atoms with Gasteiger partial charge in [-0.05, 0) is 46.1 Å². The van der Waals surface area contributed by atoms with Gasteiger partial charge in [-0.15, -0.1) is 11.3 Å². The number of nitrogens with zero attached hydrogens (tertiary/aromatic N) is 4. The van der Waals surface area contributed by atoms with Crippen molar-refractivity contribution in [1.29, 1.82) is 0 Å². The monoisotopic (exact) mass is 374 g/mol. The Bertz CT molecular complexity index is 901. The van der Waals surface area contributed by atoms with E-state index in [0.717, 1.165) is 4.88 Å². The van der Waals surface area contributed by atoms with E-state index in [1.54, 1.807) is 42.7 Å². The van der Waals surface area contributed by atoms with Crippen LogP contribution in [0.3, 0.4) is 0 Å². The molecule has 2 aromatic heterocycles. The molecule has 10 heteroatoms. The number of benzene rings is 1. The van der Waals surface area contributed by atoms with Gasteiger partial charge in [-0.1, -0.05) is 6.07 Å². The summed E-state index contributed by atoms with van der Waals surface area (Å²) < 4.78 is 7.35. The van der Waals surface area contributed by atoms with Crippen molar-refractivity contribution in [2.45, 2.75) is 13.1 Å². The lowest BCUT2D eigenvalue weighted by molar-refractivity contribution is 0.181. The van der Waals surface area contributed by atoms with Crippen molar-refractivity contribution in [1.82, 2.24) is 25.1 Å². The second-order valence-electron chi connectivity index (χ2n) is 5.32. The second-order valence-corrected chi connectivity index (χ2v) is 6.36.